The molecule has 0 unspecified atom stereocenters. The highest BCUT2D eigenvalue weighted by molar-refractivity contribution is 5.94. The Morgan fingerprint density at radius 3 is 2.37 bits per heavy atom. The summed E-state index contributed by atoms with van der Waals surface area (Å²) < 4.78 is 0. The van der Waals surface area contributed by atoms with E-state index in [-0.39, 0.29) is 5.91 Å². The highest BCUT2D eigenvalue weighted by Gasteiger charge is 2.20. The zero-order valence-corrected chi connectivity index (χ0v) is 17.5. The monoisotopic (exact) mass is 401 g/mol. The van der Waals surface area contributed by atoms with Crippen LogP contribution in [0.5, 0.6) is 0 Å². The van der Waals surface area contributed by atoms with Gasteiger partial charge in [-0.1, -0.05) is 42.5 Å². The molecule has 0 spiro atoms. The number of hydrogen-bond donors (Lipinski definition) is 1. The van der Waals surface area contributed by atoms with E-state index < -0.39 is 0 Å². The van der Waals surface area contributed by atoms with Crippen molar-refractivity contribution in [2.24, 2.45) is 0 Å². The summed E-state index contributed by atoms with van der Waals surface area (Å²) in [5.74, 6) is 1.54. The largest absolute Gasteiger partial charge is 0.366 e. The van der Waals surface area contributed by atoms with Crippen LogP contribution in [0.15, 0.2) is 60.7 Å². The highest BCUT2D eigenvalue weighted by atomic mass is 16.2. The molecule has 0 saturated carbocycles. The molecule has 154 valence electrons. The van der Waals surface area contributed by atoms with Gasteiger partial charge < -0.3 is 15.1 Å². The van der Waals surface area contributed by atoms with Crippen molar-refractivity contribution in [3.05, 3.63) is 77.5 Å². The van der Waals surface area contributed by atoms with Gasteiger partial charge in [0.25, 0.3) is 5.91 Å². The fourth-order valence-electron chi connectivity index (χ4n) is 3.53. The number of nitrogens with zero attached hydrogens (tertiary/aromatic N) is 4. The summed E-state index contributed by atoms with van der Waals surface area (Å²) in [4.78, 5) is 26.2. The number of carbonyl (C=O) groups excluding carboxylic acids is 1. The van der Waals surface area contributed by atoms with E-state index in [1.54, 1.807) is 0 Å². The lowest BCUT2D eigenvalue weighted by molar-refractivity contribution is 0.0664. The van der Waals surface area contributed by atoms with Crippen LogP contribution in [0.1, 0.15) is 21.6 Å². The topological polar surface area (TPSA) is 61.4 Å². The minimum absolute atomic E-state index is 0.0880. The molecule has 1 saturated heterocycles. The van der Waals surface area contributed by atoms with E-state index >= 15 is 0 Å². The van der Waals surface area contributed by atoms with Gasteiger partial charge in [-0.15, -0.1) is 0 Å². The maximum absolute atomic E-state index is 12.7. The Labute approximate surface area is 177 Å². The number of rotatable bonds is 5. The van der Waals surface area contributed by atoms with Crippen molar-refractivity contribution in [3.8, 4) is 11.4 Å². The molecule has 0 bridgehead atoms. The van der Waals surface area contributed by atoms with E-state index in [0.29, 0.717) is 17.9 Å². The number of nitrogens with one attached hydrogen (secondary N) is 1. The van der Waals surface area contributed by atoms with Gasteiger partial charge in [0.2, 0.25) is 0 Å². The molecule has 1 fully saturated rings. The minimum Gasteiger partial charge on any atom is -0.366 e. The first-order valence-electron chi connectivity index (χ1n) is 10.3. The van der Waals surface area contributed by atoms with Crippen molar-refractivity contribution >= 4 is 11.7 Å². The third kappa shape index (κ3) is 4.83. The number of hydrogen-bond acceptors (Lipinski definition) is 5. The summed E-state index contributed by atoms with van der Waals surface area (Å²) in [7, 11) is 2.08. The molecular weight excluding hydrogens is 374 g/mol. The van der Waals surface area contributed by atoms with Crippen LogP contribution in [0.3, 0.4) is 0 Å². The summed E-state index contributed by atoms with van der Waals surface area (Å²) in [5, 5.41) is 3.37. The number of piperazine rings is 1. The number of likely N-dealkylation sites (N-methyl/N-ethyl adjacent to an activating group) is 1. The first-order valence-corrected chi connectivity index (χ1v) is 10.3. The Bertz CT molecular complexity index is 996. The van der Waals surface area contributed by atoms with Crippen molar-refractivity contribution in [3.63, 3.8) is 0 Å². The molecule has 1 N–H and O–H groups in total. The van der Waals surface area contributed by atoms with Crippen molar-refractivity contribution in [1.82, 2.24) is 19.8 Å². The molecule has 1 aliphatic rings. The van der Waals surface area contributed by atoms with Crippen LogP contribution in [-0.2, 0) is 6.54 Å². The van der Waals surface area contributed by atoms with Crippen molar-refractivity contribution in [2.75, 3.05) is 38.5 Å². The predicted octanol–water partition coefficient (Wildman–Crippen LogP) is 3.45. The van der Waals surface area contributed by atoms with Crippen LogP contribution >= 0.6 is 0 Å². The van der Waals surface area contributed by atoms with Crippen LogP contribution in [0, 0.1) is 6.92 Å². The Morgan fingerprint density at radius 2 is 1.67 bits per heavy atom. The SMILES string of the molecule is Cc1cc(NCc2ccccc2)nc(-c2ccc(C(=O)N3CCN(C)CC3)cc2)n1. The fourth-order valence-corrected chi connectivity index (χ4v) is 3.53. The molecule has 3 aromatic rings. The molecule has 0 aliphatic carbocycles. The molecular formula is C24H27N5O. The van der Waals surface area contributed by atoms with Gasteiger partial charge in [-0.25, -0.2) is 9.97 Å². The van der Waals surface area contributed by atoms with Gasteiger partial charge in [0.1, 0.15) is 5.82 Å². The van der Waals surface area contributed by atoms with E-state index in [9.17, 15) is 4.79 Å². The number of anilines is 1. The molecule has 6 nitrogen and oxygen atoms in total. The second-order valence-electron chi connectivity index (χ2n) is 7.73. The van der Waals surface area contributed by atoms with Gasteiger partial charge in [0.05, 0.1) is 0 Å². The van der Waals surface area contributed by atoms with Gasteiger partial charge in [-0.05, 0) is 31.7 Å². The lowest BCUT2D eigenvalue weighted by Crippen LogP contribution is -2.47. The lowest BCUT2D eigenvalue weighted by atomic mass is 10.1. The standard InChI is InChI=1S/C24H27N5O/c1-18-16-22(25-17-19-6-4-3-5-7-19)27-23(26-18)20-8-10-21(11-9-20)24(30)29-14-12-28(2)13-15-29/h3-11,16H,12-15,17H2,1-2H3,(H,25,26,27). The van der Waals surface area contributed by atoms with E-state index in [4.69, 9.17) is 0 Å². The van der Waals surface area contributed by atoms with Crippen LogP contribution < -0.4 is 5.32 Å². The summed E-state index contributed by atoms with van der Waals surface area (Å²) in [6.07, 6.45) is 0. The van der Waals surface area contributed by atoms with Crippen LogP contribution in [0.4, 0.5) is 5.82 Å². The van der Waals surface area contributed by atoms with Gasteiger partial charge >= 0.3 is 0 Å². The smallest absolute Gasteiger partial charge is 0.253 e. The first kappa shape index (κ1) is 20.0. The molecule has 1 aromatic heterocycles. The van der Waals surface area contributed by atoms with Crippen LogP contribution in [-0.4, -0.2) is 58.9 Å². The summed E-state index contributed by atoms with van der Waals surface area (Å²) in [6, 6.07) is 19.8. The average Bonchev–Trinajstić information content (AvgIpc) is 2.78. The normalized spacial score (nSPS) is 14.5. The van der Waals surface area contributed by atoms with Gasteiger partial charge in [0, 0.05) is 55.6 Å². The molecule has 30 heavy (non-hydrogen) atoms. The molecule has 1 amide bonds. The third-order valence-corrected chi connectivity index (χ3v) is 5.35. The van der Waals surface area contributed by atoms with E-state index in [1.807, 2.05) is 60.4 Å². The number of benzene rings is 2. The van der Waals surface area contributed by atoms with Crippen molar-refractivity contribution in [2.45, 2.75) is 13.5 Å². The number of aromatic nitrogens is 2. The second-order valence-corrected chi connectivity index (χ2v) is 7.73. The predicted molar refractivity (Wildman–Crippen MR) is 119 cm³/mol. The molecule has 1 aliphatic heterocycles. The van der Waals surface area contributed by atoms with Gasteiger partial charge in [-0.3, -0.25) is 4.79 Å². The fraction of sp³-hybridized carbons (Fsp3) is 0.292. The second kappa shape index (κ2) is 9.05. The van der Waals surface area contributed by atoms with Crippen molar-refractivity contribution in [1.29, 1.82) is 0 Å². The zero-order valence-electron chi connectivity index (χ0n) is 17.5. The maximum atomic E-state index is 12.7. The van der Waals surface area contributed by atoms with Crippen molar-refractivity contribution < 1.29 is 4.79 Å². The average molecular weight is 402 g/mol. The van der Waals surface area contributed by atoms with Gasteiger partial charge in [-0.2, -0.15) is 0 Å². The van der Waals surface area contributed by atoms with E-state index in [1.165, 1.54) is 5.56 Å². The molecule has 6 heteroatoms. The quantitative estimate of drug-likeness (QED) is 0.710. The molecule has 0 radical (unpaired) electrons. The molecule has 0 atom stereocenters. The Kier molecular flexibility index (Phi) is 6.05. The summed E-state index contributed by atoms with van der Waals surface area (Å²) in [6.45, 7) is 6.04. The highest BCUT2D eigenvalue weighted by Crippen LogP contribution is 2.20. The molecule has 4 rings (SSSR count). The summed E-state index contributed by atoms with van der Waals surface area (Å²) >= 11 is 0. The number of amides is 1. The molecule has 2 aromatic carbocycles. The third-order valence-electron chi connectivity index (χ3n) is 5.35. The summed E-state index contributed by atoms with van der Waals surface area (Å²) in [5.41, 5.74) is 3.70. The Hall–Kier alpha value is -3.25. The van der Waals surface area contributed by atoms with Gasteiger partial charge in [0.15, 0.2) is 5.82 Å². The minimum atomic E-state index is 0.0880. The van der Waals surface area contributed by atoms with E-state index in [2.05, 4.69) is 39.4 Å². The maximum Gasteiger partial charge on any atom is 0.253 e. The zero-order chi connectivity index (χ0) is 20.9. The van der Waals surface area contributed by atoms with Crippen LogP contribution in [0.2, 0.25) is 0 Å². The molecule has 2 heterocycles. The number of carbonyl (C=O) groups is 1. The van der Waals surface area contributed by atoms with Crippen LogP contribution in [0.25, 0.3) is 11.4 Å². The van der Waals surface area contributed by atoms with E-state index in [0.717, 1.165) is 43.3 Å². The Balaban J connectivity index is 1.47. The lowest BCUT2D eigenvalue weighted by Gasteiger charge is -2.32. The Morgan fingerprint density at radius 1 is 0.967 bits per heavy atom. The number of aryl methyl sites for hydroxylation is 1. The first-order chi connectivity index (χ1) is 14.6.